The summed E-state index contributed by atoms with van der Waals surface area (Å²) in [5.41, 5.74) is 1.08. The Balaban J connectivity index is 1.55. The molecule has 2 aromatic rings. The van der Waals surface area contributed by atoms with Crippen LogP contribution < -0.4 is 0 Å². The topological polar surface area (TPSA) is 67.1 Å². The van der Waals surface area contributed by atoms with Gasteiger partial charge >= 0.3 is 0 Å². The number of hydrogen-bond donors (Lipinski definition) is 1. The smallest absolute Gasteiger partial charge is 0.137 e. The third-order valence-corrected chi connectivity index (χ3v) is 4.67. The molecule has 3 heterocycles. The minimum absolute atomic E-state index is 0.281. The van der Waals surface area contributed by atoms with E-state index in [0.29, 0.717) is 0 Å². The zero-order chi connectivity index (χ0) is 16.2. The van der Waals surface area contributed by atoms with E-state index >= 15 is 0 Å². The van der Waals surface area contributed by atoms with Crippen LogP contribution in [0.2, 0.25) is 0 Å². The second kappa shape index (κ2) is 7.19. The number of aliphatic hydroxyl groups excluding tert-OH is 1. The van der Waals surface area contributed by atoms with Crippen molar-refractivity contribution >= 4 is 0 Å². The molecule has 0 amide bonds. The van der Waals surface area contributed by atoms with Gasteiger partial charge in [0.1, 0.15) is 17.8 Å². The first-order chi connectivity index (χ1) is 11.2. The first kappa shape index (κ1) is 16.1. The van der Waals surface area contributed by atoms with E-state index in [1.807, 2.05) is 30.1 Å². The van der Waals surface area contributed by atoms with Crippen LogP contribution in [0, 0.1) is 5.92 Å². The summed E-state index contributed by atoms with van der Waals surface area (Å²) in [7, 11) is 1.93. The lowest BCUT2D eigenvalue weighted by Gasteiger charge is -2.33. The monoisotopic (exact) mass is 315 g/mol. The molecule has 0 saturated carbocycles. The molecular formula is C17H25N5O. The molecule has 1 N–H and O–H groups in total. The second-order valence-corrected chi connectivity index (χ2v) is 6.27. The first-order valence-electron chi connectivity index (χ1n) is 8.35. The van der Waals surface area contributed by atoms with Crippen molar-refractivity contribution in [2.45, 2.75) is 38.8 Å². The first-order valence-corrected chi connectivity index (χ1v) is 8.35. The van der Waals surface area contributed by atoms with Crippen molar-refractivity contribution in [3.05, 3.63) is 42.0 Å². The van der Waals surface area contributed by atoms with Gasteiger partial charge in [-0.1, -0.05) is 6.92 Å². The van der Waals surface area contributed by atoms with Gasteiger partial charge < -0.3 is 9.67 Å². The largest absolute Gasteiger partial charge is 0.385 e. The summed E-state index contributed by atoms with van der Waals surface area (Å²) in [6.07, 6.45) is 7.84. The van der Waals surface area contributed by atoms with Crippen LogP contribution in [0.5, 0.6) is 0 Å². The Hall–Kier alpha value is -1.79. The molecule has 1 aliphatic rings. The molecule has 0 unspecified atom stereocenters. The summed E-state index contributed by atoms with van der Waals surface area (Å²) in [5, 5.41) is 10.5. The average molecular weight is 315 g/mol. The SMILES string of the molecule is CCc1nccc(CN2CCC([C@@H](O)c3nccn3C)CC2)n1. The molecule has 1 atom stereocenters. The molecule has 1 aliphatic heterocycles. The zero-order valence-electron chi connectivity index (χ0n) is 13.9. The van der Waals surface area contributed by atoms with Gasteiger partial charge in [-0.05, 0) is 37.9 Å². The molecule has 6 nitrogen and oxygen atoms in total. The van der Waals surface area contributed by atoms with Crippen LogP contribution in [0.25, 0.3) is 0 Å². The number of hydrogen-bond acceptors (Lipinski definition) is 5. The lowest BCUT2D eigenvalue weighted by atomic mass is 9.90. The van der Waals surface area contributed by atoms with Crippen molar-refractivity contribution in [1.82, 2.24) is 24.4 Å². The highest BCUT2D eigenvalue weighted by Crippen LogP contribution is 2.30. The third-order valence-electron chi connectivity index (χ3n) is 4.67. The van der Waals surface area contributed by atoms with Crippen LogP contribution in [0.15, 0.2) is 24.7 Å². The Bertz CT molecular complexity index is 633. The molecule has 124 valence electrons. The van der Waals surface area contributed by atoms with Gasteiger partial charge in [0.05, 0.1) is 5.69 Å². The van der Waals surface area contributed by atoms with Crippen LogP contribution in [0.4, 0.5) is 0 Å². The molecule has 0 bridgehead atoms. The van der Waals surface area contributed by atoms with E-state index < -0.39 is 6.10 Å². The van der Waals surface area contributed by atoms with Crippen LogP contribution in [-0.2, 0) is 20.0 Å². The highest BCUT2D eigenvalue weighted by molar-refractivity contribution is 5.03. The molecule has 0 radical (unpaired) electrons. The highest BCUT2D eigenvalue weighted by atomic mass is 16.3. The Labute approximate surface area is 137 Å². The maximum absolute atomic E-state index is 10.5. The van der Waals surface area contributed by atoms with Crippen molar-refractivity contribution in [2.75, 3.05) is 13.1 Å². The molecule has 3 rings (SSSR count). The van der Waals surface area contributed by atoms with Crippen LogP contribution in [-0.4, -0.2) is 42.6 Å². The molecule has 0 spiro atoms. The predicted octanol–water partition coefficient (Wildman–Crippen LogP) is 1.72. The molecule has 6 heteroatoms. The van der Waals surface area contributed by atoms with Crippen molar-refractivity contribution < 1.29 is 5.11 Å². The fraction of sp³-hybridized carbons (Fsp3) is 0.588. The Kier molecular flexibility index (Phi) is 5.03. The fourth-order valence-corrected chi connectivity index (χ4v) is 3.23. The molecule has 1 fully saturated rings. The second-order valence-electron chi connectivity index (χ2n) is 6.27. The molecule has 23 heavy (non-hydrogen) atoms. The lowest BCUT2D eigenvalue weighted by molar-refractivity contribution is 0.0489. The van der Waals surface area contributed by atoms with Crippen LogP contribution in [0.3, 0.4) is 0 Å². The van der Waals surface area contributed by atoms with Crippen molar-refractivity contribution in [3.63, 3.8) is 0 Å². The van der Waals surface area contributed by atoms with Crippen molar-refractivity contribution in [3.8, 4) is 0 Å². The summed E-state index contributed by atoms with van der Waals surface area (Å²) in [6, 6.07) is 1.99. The molecule has 0 aromatic carbocycles. The van der Waals surface area contributed by atoms with Gasteiger partial charge in [0.15, 0.2) is 0 Å². The fourth-order valence-electron chi connectivity index (χ4n) is 3.23. The minimum atomic E-state index is -0.470. The number of rotatable bonds is 5. The van der Waals surface area contributed by atoms with Crippen LogP contribution in [0.1, 0.15) is 43.2 Å². The van der Waals surface area contributed by atoms with Gasteiger partial charge in [-0.3, -0.25) is 4.90 Å². The zero-order valence-corrected chi connectivity index (χ0v) is 13.9. The molecule has 0 aliphatic carbocycles. The van der Waals surface area contributed by atoms with E-state index in [1.165, 1.54) is 0 Å². The maximum atomic E-state index is 10.5. The Morgan fingerprint density at radius 3 is 2.70 bits per heavy atom. The van der Waals surface area contributed by atoms with E-state index in [2.05, 4.69) is 26.8 Å². The number of piperidine rings is 1. The highest BCUT2D eigenvalue weighted by Gasteiger charge is 2.28. The van der Waals surface area contributed by atoms with Gasteiger partial charge in [-0.15, -0.1) is 0 Å². The molecule has 2 aromatic heterocycles. The Morgan fingerprint density at radius 1 is 1.26 bits per heavy atom. The summed E-state index contributed by atoms with van der Waals surface area (Å²) in [5.74, 6) is 1.96. The van der Waals surface area contributed by atoms with Gasteiger partial charge in [0.25, 0.3) is 0 Å². The van der Waals surface area contributed by atoms with Crippen molar-refractivity contribution in [1.29, 1.82) is 0 Å². The van der Waals surface area contributed by atoms with Crippen molar-refractivity contribution in [2.24, 2.45) is 13.0 Å². The number of aliphatic hydroxyl groups is 1. The third kappa shape index (κ3) is 3.76. The van der Waals surface area contributed by atoms with Gasteiger partial charge in [-0.2, -0.15) is 0 Å². The van der Waals surface area contributed by atoms with E-state index in [4.69, 9.17) is 0 Å². The lowest BCUT2D eigenvalue weighted by Crippen LogP contribution is -2.36. The number of imidazole rings is 1. The number of nitrogens with zero attached hydrogens (tertiary/aromatic N) is 5. The molecule has 1 saturated heterocycles. The van der Waals surface area contributed by atoms with Gasteiger partial charge in [0, 0.05) is 38.6 Å². The number of likely N-dealkylation sites (tertiary alicyclic amines) is 1. The quantitative estimate of drug-likeness (QED) is 0.910. The van der Waals surface area contributed by atoms with E-state index in [1.54, 1.807) is 6.20 Å². The predicted molar refractivity (Wildman–Crippen MR) is 87.6 cm³/mol. The Morgan fingerprint density at radius 2 is 2.04 bits per heavy atom. The van der Waals surface area contributed by atoms with E-state index in [9.17, 15) is 5.11 Å². The van der Waals surface area contributed by atoms with E-state index in [0.717, 1.165) is 56.2 Å². The summed E-state index contributed by atoms with van der Waals surface area (Å²) >= 11 is 0. The summed E-state index contributed by atoms with van der Waals surface area (Å²) in [6.45, 7) is 4.90. The molecular weight excluding hydrogens is 290 g/mol. The maximum Gasteiger partial charge on any atom is 0.137 e. The summed E-state index contributed by atoms with van der Waals surface area (Å²) < 4.78 is 1.91. The number of aromatic nitrogens is 4. The normalized spacial score (nSPS) is 18.2. The standard InChI is InChI=1S/C17H25N5O/c1-3-15-18-7-4-14(20-15)12-22-9-5-13(6-10-22)16(23)17-19-8-11-21(17)2/h4,7-8,11,13,16,23H,3,5-6,9-10,12H2,1-2H3/t16-/m1/s1. The number of aryl methyl sites for hydroxylation is 2. The average Bonchev–Trinajstić information content (AvgIpc) is 3.01. The van der Waals surface area contributed by atoms with Gasteiger partial charge in [0.2, 0.25) is 0 Å². The van der Waals surface area contributed by atoms with Crippen LogP contribution >= 0.6 is 0 Å². The van der Waals surface area contributed by atoms with E-state index in [-0.39, 0.29) is 5.92 Å². The summed E-state index contributed by atoms with van der Waals surface area (Å²) in [4.78, 5) is 15.5. The van der Waals surface area contributed by atoms with Gasteiger partial charge in [-0.25, -0.2) is 15.0 Å². The minimum Gasteiger partial charge on any atom is -0.385 e.